The van der Waals surface area contributed by atoms with Gasteiger partial charge in [-0.05, 0) is 11.1 Å². The molecule has 0 bridgehead atoms. The van der Waals surface area contributed by atoms with Gasteiger partial charge < -0.3 is 10.1 Å². The van der Waals surface area contributed by atoms with Crippen molar-refractivity contribution in [1.29, 1.82) is 0 Å². The number of carbonyl (C=O) groups is 2. The van der Waals surface area contributed by atoms with Crippen molar-refractivity contribution in [3.05, 3.63) is 72.4 Å². The van der Waals surface area contributed by atoms with Crippen LogP contribution >= 0.6 is 0 Å². The van der Waals surface area contributed by atoms with Crippen LogP contribution in [0.5, 0.6) is 0 Å². The van der Waals surface area contributed by atoms with Crippen LogP contribution < -0.4 is 5.32 Å². The van der Waals surface area contributed by atoms with E-state index in [9.17, 15) is 9.59 Å². The van der Waals surface area contributed by atoms with Gasteiger partial charge in [-0.3, -0.25) is 9.59 Å². The zero-order valence-electron chi connectivity index (χ0n) is 12.3. The highest BCUT2D eigenvalue weighted by Crippen LogP contribution is 2.19. The van der Waals surface area contributed by atoms with E-state index in [1.54, 1.807) is 12.1 Å². The molecule has 1 N–H and O–H groups in total. The van der Waals surface area contributed by atoms with Gasteiger partial charge in [0, 0.05) is 17.8 Å². The van der Waals surface area contributed by atoms with E-state index >= 15 is 0 Å². The van der Waals surface area contributed by atoms with Crippen LogP contribution in [0.4, 0.5) is 0 Å². The summed E-state index contributed by atoms with van der Waals surface area (Å²) in [6.07, 6.45) is 2.84. The quantitative estimate of drug-likeness (QED) is 0.506. The third-order valence-electron chi connectivity index (χ3n) is 3.10. The van der Waals surface area contributed by atoms with E-state index in [-0.39, 0.29) is 18.3 Å². The average molecular weight is 295 g/mol. The van der Waals surface area contributed by atoms with Crippen molar-refractivity contribution in [2.24, 2.45) is 0 Å². The van der Waals surface area contributed by atoms with Crippen LogP contribution in [0, 0.1) is 0 Å². The molecule has 0 aliphatic heterocycles. The van der Waals surface area contributed by atoms with Gasteiger partial charge in [0.25, 0.3) is 0 Å². The molecule has 0 radical (unpaired) electrons. The number of nitrogens with one attached hydrogen (secondary N) is 1. The van der Waals surface area contributed by atoms with Crippen molar-refractivity contribution in [2.45, 2.75) is 0 Å². The number of allylic oxidation sites excluding steroid dienone is 1. The predicted octanol–water partition coefficient (Wildman–Crippen LogP) is 2.81. The van der Waals surface area contributed by atoms with E-state index in [4.69, 9.17) is 0 Å². The minimum absolute atomic E-state index is 0.0349. The number of hydrogen-bond donors (Lipinski definition) is 1. The van der Waals surface area contributed by atoms with E-state index in [0.717, 1.165) is 11.1 Å². The Kier molecular flexibility index (Phi) is 5.49. The zero-order valence-corrected chi connectivity index (χ0v) is 12.3. The van der Waals surface area contributed by atoms with Crippen LogP contribution in [-0.2, 0) is 9.53 Å². The Morgan fingerprint density at radius 1 is 1.00 bits per heavy atom. The van der Waals surface area contributed by atoms with Crippen LogP contribution in [0.2, 0.25) is 0 Å². The van der Waals surface area contributed by atoms with Gasteiger partial charge in [0.15, 0.2) is 5.78 Å². The molecule has 0 unspecified atom stereocenters. The molecule has 2 aromatic carbocycles. The molecular formula is C18H17NO3. The van der Waals surface area contributed by atoms with Crippen LogP contribution in [0.15, 0.2) is 66.9 Å². The first kappa shape index (κ1) is 15.5. The maximum atomic E-state index is 12.0. The van der Waals surface area contributed by atoms with Gasteiger partial charge in [0.2, 0.25) is 0 Å². The highest BCUT2D eigenvalue weighted by Gasteiger charge is 2.03. The molecule has 0 amide bonds. The van der Waals surface area contributed by atoms with Gasteiger partial charge >= 0.3 is 5.97 Å². The third kappa shape index (κ3) is 4.31. The van der Waals surface area contributed by atoms with Gasteiger partial charge in [0.1, 0.15) is 6.54 Å². The Bertz CT molecular complexity index is 660. The fourth-order valence-corrected chi connectivity index (χ4v) is 1.90. The summed E-state index contributed by atoms with van der Waals surface area (Å²) in [4.78, 5) is 22.9. The molecule has 4 heteroatoms. The maximum Gasteiger partial charge on any atom is 0.325 e. The second kappa shape index (κ2) is 7.78. The largest absolute Gasteiger partial charge is 0.468 e. The Morgan fingerprint density at radius 3 is 2.27 bits per heavy atom. The van der Waals surface area contributed by atoms with Gasteiger partial charge in [-0.15, -0.1) is 0 Å². The zero-order chi connectivity index (χ0) is 15.8. The van der Waals surface area contributed by atoms with E-state index < -0.39 is 0 Å². The molecule has 22 heavy (non-hydrogen) atoms. The van der Waals surface area contributed by atoms with Crippen LogP contribution in [0.1, 0.15) is 10.4 Å². The van der Waals surface area contributed by atoms with Crippen molar-refractivity contribution < 1.29 is 14.3 Å². The van der Waals surface area contributed by atoms with Crippen molar-refractivity contribution in [2.75, 3.05) is 13.7 Å². The van der Waals surface area contributed by atoms with Gasteiger partial charge in [-0.2, -0.15) is 0 Å². The topological polar surface area (TPSA) is 55.4 Å². The second-order valence-electron chi connectivity index (χ2n) is 4.60. The fraction of sp³-hybridized carbons (Fsp3) is 0.111. The highest BCUT2D eigenvalue weighted by atomic mass is 16.5. The summed E-state index contributed by atoms with van der Waals surface area (Å²) in [5.41, 5.74) is 2.76. The predicted molar refractivity (Wildman–Crippen MR) is 85.4 cm³/mol. The number of methoxy groups -OCH3 is 1. The van der Waals surface area contributed by atoms with Crippen molar-refractivity contribution >= 4 is 11.8 Å². The number of hydrogen-bond acceptors (Lipinski definition) is 4. The first-order chi connectivity index (χ1) is 10.7. The molecule has 0 aliphatic rings. The number of esters is 1. The normalized spacial score (nSPS) is 10.4. The molecule has 0 heterocycles. The monoisotopic (exact) mass is 295 g/mol. The second-order valence-corrected chi connectivity index (χ2v) is 4.60. The minimum atomic E-state index is -0.385. The minimum Gasteiger partial charge on any atom is -0.468 e. The highest BCUT2D eigenvalue weighted by molar-refractivity contribution is 6.04. The number of carbonyl (C=O) groups excluding carboxylic acids is 2. The summed E-state index contributed by atoms with van der Waals surface area (Å²) in [7, 11) is 1.31. The van der Waals surface area contributed by atoms with Crippen molar-refractivity contribution in [3.8, 4) is 11.1 Å². The lowest BCUT2D eigenvalue weighted by molar-refractivity contribution is -0.139. The smallest absolute Gasteiger partial charge is 0.325 e. The summed E-state index contributed by atoms with van der Waals surface area (Å²) in [6, 6.07) is 17.4. The molecule has 0 atom stereocenters. The van der Waals surface area contributed by atoms with Crippen LogP contribution in [0.3, 0.4) is 0 Å². The van der Waals surface area contributed by atoms with E-state index in [2.05, 4.69) is 10.1 Å². The lowest BCUT2D eigenvalue weighted by Crippen LogP contribution is -2.19. The molecule has 112 valence electrons. The third-order valence-corrected chi connectivity index (χ3v) is 3.10. The number of rotatable bonds is 6. The van der Waals surface area contributed by atoms with Gasteiger partial charge in [0.05, 0.1) is 7.11 Å². The first-order valence-electron chi connectivity index (χ1n) is 6.87. The molecule has 0 spiro atoms. The number of ketones is 1. The average Bonchev–Trinajstić information content (AvgIpc) is 2.59. The van der Waals surface area contributed by atoms with Crippen molar-refractivity contribution in [3.63, 3.8) is 0 Å². The molecule has 0 aliphatic carbocycles. The molecule has 2 rings (SSSR count). The molecule has 2 aromatic rings. The van der Waals surface area contributed by atoms with Gasteiger partial charge in [-0.25, -0.2) is 0 Å². The Balaban J connectivity index is 1.97. The lowest BCUT2D eigenvalue weighted by atomic mass is 10.0. The maximum absolute atomic E-state index is 12.0. The molecule has 0 fully saturated rings. The lowest BCUT2D eigenvalue weighted by Gasteiger charge is -2.02. The number of ether oxygens (including phenoxy) is 1. The Labute approximate surface area is 129 Å². The molecule has 0 saturated heterocycles. The molecular weight excluding hydrogens is 278 g/mol. The van der Waals surface area contributed by atoms with Crippen molar-refractivity contribution in [1.82, 2.24) is 5.32 Å². The summed E-state index contributed by atoms with van der Waals surface area (Å²) in [6.45, 7) is 0.0349. The fourth-order valence-electron chi connectivity index (χ4n) is 1.90. The first-order valence-corrected chi connectivity index (χ1v) is 6.87. The Morgan fingerprint density at radius 2 is 1.64 bits per heavy atom. The molecule has 0 saturated carbocycles. The van der Waals surface area contributed by atoms with Crippen LogP contribution in [0.25, 0.3) is 11.1 Å². The molecule has 0 aromatic heterocycles. The SMILES string of the molecule is COC(=O)CN/C=C/C(=O)c1ccc(-c2ccccc2)cc1. The van der Waals surface area contributed by atoms with E-state index in [1.165, 1.54) is 19.4 Å². The van der Waals surface area contributed by atoms with E-state index in [1.807, 2.05) is 42.5 Å². The number of benzene rings is 2. The summed E-state index contributed by atoms with van der Waals surface area (Å²) in [5.74, 6) is -0.513. The Hall–Kier alpha value is -2.88. The van der Waals surface area contributed by atoms with Gasteiger partial charge in [-0.1, -0.05) is 54.6 Å². The molecule has 4 nitrogen and oxygen atoms in total. The summed E-state index contributed by atoms with van der Waals surface area (Å²) < 4.78 is 4.48. The van der Waals surface area contributed by atoms with E-state index in [0.29, 0.717) is 5.56 Å². The summed E-state index contributed by atoms with van der Waals surface area (Å²) >= 11 is 0. The summed E-state index contributed by atoms with van der Waals surface area (Å²) in [5, 5.41) is 2.70. The van der Waals surface area contributed by atoms with Crippen LogP contribution in [-0.4, -0.2) is 25.4 Å². The standard InChI is InChI=1S/C18H17NO3/c1-22-18(21)13-19-12-11-17(20)16-9-7-15(8-10-16)14-5-3-2-4-6-14/h2-12,19H,13H2,1H3/b12-11+.